The van der Waals surface area contributed by atoms with Crippen LogP contribution in [0.25, 0.3) is 0 Å². The fourth-order valence-electron chi connectivity index (χ4n) is 1.88. The third-order valence-corrected chi connectivity index (χ3v) is 4.24. The van der Waals surface area contributed by atoms with Crippen LogP contribution in [-0.4, -0.2) is 17.0 Å². The van der Waals surface area contributed by atoms with Gasteiger partial charge >= 0.3 is 5.97 Å². The number of halogens is 2. The summed E-state index contributed by atoms with van der Waals surface area (Å²) in [5.41, 5.74) is -1.94. The number of hydrogen-bond donors (Lipinski definition) is 1. The Morgan fingerprint density at radius 1 is 1.56 bits per heavy atom. The fourth-order valence-corrected chi connectivity index (χ4v) is 3.23. The summed E-state index contributed by atoms with van der Waals surface area (Å²) in [5.74, 6) is -4.50. The summed E-state index contributed by atoms with van der Waals surface area (Å²) in [6.45, 7) is 2.00. The Balaban J connectivity index is 2.32. The van der Waals surface area contributed by atoms with Crippen LogP contribution in [-0.2, 0) is 16.6 Å². The van der Waals surface area contributed by atoms with Crippen molar-refractivity contribution in [3.05, 3.63) is 21.9 Å². The van der Waals surface area contributed by atoms with Crippen molar-refractivity contribution in [2.24, 2.45) is 0 Å². The Morgan fingerprint density at radius 2 is 2.19 bits per heavy atom. The molecule has 0 radical (unpaired) electrons. The number of aryl methyl sites for hydroxylation is 1. The van der Waals surface area contributed by atoms with Crippen LogP contribution in [0.1, 0.15) is 29.5 Å². The summed E-state index contributed by atoms with van der Waals surface area (Å²) in [5, 5.41) is 8.96. The normalized spacial score (nSPS) is 26.7. The summed E-state index contributed by atoms with van der Waals surface area (Å²) in [6.07, 6.45) is 1.17. The molecule has 0 saturated heterocycles. The molecular weight excluding hydrogens is 234 g/mol. The van der Waals surface area contributed by atoms with E-state index in [9.17, 15) is 13.6 Å². The van der Waals surface area contributed by atoms with Crippen LogP contribution in [0.3, 0.4) is 0 Å². The summed E-state index contributed by atoms with van der Waals surface area (Å²) in [7, 11) is 0. The average Bonchev–Trinajstić information content (AvgIpc) is 2.59. The molecule has 1 aromatic heterocycles. The predicted octanol–water partition coefficient (Wildman–Crippen LogP) is 3.06. The van der Waals surface area contributed by atoms with Gasteiger partial charge in [-0.2, -0.15) is 0 Å². The van der Waals surface area contributed by atoms with E-state index in [-0.39, 0.29) is 4.88 Å². The van der Waals surface area contributed by atoms with Crippen LogP contribution in [0.4, 0.5) is 8.78 Å². The summed E-state index contributed by atoms with van der Waals surface area (Å²) >= 11 is 1.20. The number of carboxylic acids is 1. The van der Waals surface area contributed by atoms with Crippen molar-refractivity contribution in [3.63, 3.8) is 0 Å². The molecule has 88 valence electrons. The van der Waals surface area contributed by atoms with Crippen molar-refractivity contribution >= 4 is 17.3 Å². The Bertz CT molecular complexity index is 427. The monoisotopic (exact) mass is 246 g/mol. The highest BCUT2D eigenvalue weighted by molar-refractivity contribution is 7.12. The van der Waals surface area contributed by atoms with Crippen LogP contribution in [0.15, 0.2) is 12.1 Å². The van der Waals surface area contributed by atoms with E-state index in [4.69, 9.17) is 5.11 Å². The molecule has 0 aliphatic heterocycles. The second-order valence-electron chi connectivity index (χ2n) is 4.11. The number of thiophene rings is 1. The highest BCUT2D eigenvalue weighted by atomic mass is 32.1. The van der Waals surface area contributed by atoms with E-state index in [2.05, 4.69) is 0 Å². The fraction of sp³-hybridized carbons (Fsp3) is 0.545. The first-order chi connectivity index (χ1) is 7.44. The number of rotatable bonds is 4. The Kier molecular flexibility index (Phi) is 2.53. The highest BCUT2D eigenvalue weighted by Gasteiger charge is 2.78. The molecule has 0 bridgehead atoms. The lowest BCUT2D eigenvalue weighted by molar-refractivity contribution is -0.142. The summed E-state index contributed by atoms with van der Waals surface area (Å²) in [4.78, 5) is 12.3. The molecule has 1 aliphatic carbocycles. The molecule has 1 heterocycles. The number of carbonyl (C=O) groups is 1. The molecule has 1 aliphatic rings. The van der Waals surface area contributed by atoms with Crippen molar-refractivity contribution in [2.45, 2.75) is 37.5 Å². The van der Waals surface area contributed by atoms with Gasteiger partial charge in [0.25, 0.3) is 5.92 Å². The van der Waals surface area contributed by atoms with E-state index < -0.39 is 23.7 Å². The minimum atomic E-state index is -3.09. The zero-order valence-electron chi connectivity index (χ0n) is 8.80. The van der Waals surface area contributed by atoms with Crippen molar-refractivity contribution in [1.29, 1.82) is 0 Å². The molecule has 1 saturated carbocycles. The van der Waals surface area contributed by atoms with Crippen LogP contribution >= 0.6 is 11.3 Å². The first-order valence-electron chi connectivity index (χ1n) is 5.14. The van der Waals surface area contributed by atoms with E-state index >= 15 is 0 Å². The lowest BCUT2D eigenvalue weighted by Gasteiger charge is -2.08. The molecule has 1 fully saturated rings. The third-order valence-electron chi connectivity index (χ3n) is 2.93. The zero-order valence-corrected chi connectivity index (χ0v) is 9.61. The molecule has 1 unspecified atom stereocenters. The molecule has 5 heteroatoms. The summed E-state index contributed by atoms with van der Waals surface area (Å²) in [6, 6.07) is 3.28. The maximum Gasteiger partial charge on any atom is 0.321 e. The first kappa shape index (κ1) is 11.5. The molecule has 0 spiro atoms. The standard InChI is InChI=1S/C11H12F2O2S/c1-2-3-7-4-5-8(16-7)10(9(14)15)6-11(10,12)13/h4-5H,2-3,6H2,1H3,(H,14,15). The molecule has 2 nitrogen and oxygen atoms in total. The van der Waals surface area contributed by atoms with Crippen LogP contribution < -0.4 is 0 Å². The Labute approximate surface area is 95.9 Å². The molecule has 2 rings (SSSR count). The van der Waals surface area contributed by atoms with Gasteiger partial charge in [-0.15, -0.1) is 11.3 Å². The van der Waals surface area contributed by atoms with E-state index in [0.717, 1.165) is 17.7 Å². The second-order valence-corrected chi connectivity index (χ2v) is 5.28. The SMILES string of the molecule is CCCc1ccc(C2(C(=O)O)CC2(F)F)s1. The Hall–Kier alpha value is -0.970. The number of hydrogen-bond acceptors (Lipinski definition) is 2. The number of alkyl halides is 2. The third kappa shape index (κ3) is 1.45. The van der Waals surface area contributed by atoms with Crippen molar-refractivity contribution in [3.8, 4) is 0 Å². The van der Waals surface area contributed by atoms with E-state index in [0.29, 0.717) is 0 Å². The van der Waals surface area contributed by atoms with Gasteiger partial charge in [-0.05, 0) is 18.6 Å². The van der Waals surface area contributed by atoms with E-state index in [1.165, 1.54) is 17.4 Å². The lowest BCUT2D eigenvalue weighted by Crippen LogP contribution is -2.25. The van der Waals surface area contributed by atoms with E-state index in [1.807, 2.05) is 6.92 Å². The van der Waals surface area contributed by atoms with Gasteiger partial charge in [0.05, 0.1) is 0 Å². The van der Waals surface area contributed by atoms with Crippen molar-refractivity contribution in [2.75, 3.05) is 0 Å². The Morgan fingerprint density at radius 3 is 2.62 bits per heavy atom. The van der Waals surface area contributed by atoms with Gasteiger partial charge < -0.3 is 5.11 Å². The predicted molar refractivity (Wildman–Crippen MR) is 57.2 cm³/mol. The van der Waals surface area contributed by atoms with E-state index in [1.54, 1.807) is 6.07 Å². The van der Waals surface area contributed by atoms with Crippen LogP contribution in [0, 0.1) is 0 Å². The maximum atomic E-state index is 13.2. The smallest absolute Gasteiger partial charge is 0.321 e. The maximum absolute atomic E-state index is 13.2. The molecule has 16 heavy (non-hydrogen) atoms. The molecule has 0 amide bonds. The topological polar surface area (TPSA) is 37.3 Å². The van der Waals surface area contributed by atoms with Crippen LogP contribution in [0.5, 0.6) is 0 Å². The number of carboxylic acid groups (broad SMARTS) is 1. The van der Waals surface area contributed by atoms with Gasteiger partial charge in [-0.1, -0.05) is 13.3 Å². The largest absolute Gasteiger partial charge is 0.480 e. The van der Waals surface area contributed by atoms with Crippen molar-refractivity contribution in [1.82, 2.24) is 0 Å². The highest BCUT2D eigenvalue weighted by Crippen LogP contribution is 2.62. The van der Waals surface area contributed by atoms with Gasteiger partial charge in [-0.3, -0.25) is 4.79 Å². The zero-order chi connectivity index (χ0) is 12.0. The van der Waals surface area contributed by atoms with Crippen molar-refractivity contribution < 1.29 is 18.7 Å². The van der Waals surface area contributed by atoms with Crippen LogP contribution in [0.2, 0.25) is 0 Å². The summed E-state index contributed by atoms with van der Waals surface area (Å²) < 4.78 is 26.4. The van der Waals surface area contributed by atoms with Gasteiger partial charge in [0, 0.05) is 16.2 Å². The van der Waals surface area contributed by atoms with Gasteiger partial charge in [0.15, 0.2) is 5.41 Å². The molecular formula is C11H12F2O2S. The molecule has 0 aromatic carbocycles. The van der Waals surface area contributed by atoms with Gasteiger partial charge in [-0.25, -0.2) is 8.78 Å². The minimum absolute atomic E-state index is 0.286. The molecule has 1 atom stereocenters. The first-order valence-corrected chi connectivity index (χ1v) is 5.96. The quantitative estimate of drug-likeness (QED) is 0.886. The average molecular weight is 246 g/mol. The minimum Gasteiger partial charge on any atom is -0.480 e. The molecule has 1 N–H and O–H groups in total. The lowest BCUT2D eigenvalue weighted by atomic mass is 10.1. The van der Waals surface area contributed by atoms with Gasteiger partial charge in [0.1, 0.15) is 0 Å². The second kappa shape index (κ2) is 3.52. The number of aliphatic carboxylic acids is 1. The van der Waals surface area contributed by atoms with Gasteiger partial charge in [0.2, 0.25) is 0 Å². The molecule has 1 aromatic rings.